The van der Waals surface area contributed by atoms with Crippen molar-refractivity contribution in [1.29, 1.82) is 0 Å². The van der Waals surface area contributed by atoms with Gasteiger partial charge in [0.2, 0.25) is 11.8 Å². The Balaban J connectivity index is 1.71. The van der Waals surface area contributed by atoms with Gasteiger partial charge in [-0.25, -0.2) is 0 Å². The van der Waals surface area contributed by atoms with Crippen molar-refractivity contribution in [3.8, 4) is 0 Å². The summed E-state index contributed by atoms with van der Waals surface area (Å²) in [6.07, 6.45) is 0. The third-order valence-electron chi connectivity index (χ3n) is 7.17. The number of alkyl halides is 2. The van der Waals surface area contributed by atoms with Gasteiger partial charge in [0.15, 0.2) is 0 Å². The summed E-state index contributed by atoms with van der Waals surface area (Å²) in [7, 11) is 0. The van der Waals surface area contributed by atoms with Crippen LogP contribution in [0.15, 0.2) is 54.6 Å². The lowest BCUT2D eigenvalue weighted by molar-refractivity contribution is -0.151. The van der Waals surface area contributed by atoms with E-state index in [-0.39, 0.29) is 37.0 Å². The minimum absolute atomic E-state index is 0.00917. The van der Waals surface area contributed by atoms with Crippen LogP contribution in [0.5, 0.6) is 0 Å². The van der Waals surface area contributed by atoms with Gasteiger partial charge in [0.25, 0.3) is 5.92 Å². The van der Waals surface area contributed by atoms with E-state index in [1.807, 2.05) is 0 Å². The van der Waals surface area contributed by atoms with Crippen molar-refractivity contribution in [2.75, 3.05) is 10.6 Å². The highest BCUT2D eigenvalue weighted by Gasteiger charge is 2.71. The molecule has 0 aliphatic carbocycles. The van der Waals surface area contributed by atoms with Gasteiger partial charge in [-0.05, 0) is 37.3 Å². The Morgan fingerprint density at radius 3 is 2.17 bits per heavy atom. The first-order chi connectivity index (χ1) is 18.7. The minimum Gasteiger partial charge on any atom is -0.481 e. The molecular formula is C27H19Cl4F2N3O4. The minimum atomic E-state index is -3.83. The summed E-state index contributed by atoms with van der Waals surface area (Å²) in [5.41, 5.74) is -2.10. The van der Waals surface area contributed by atoms with Crippen molar-refractivity contribution in [2.45, 2.75) is 24.4 Å². The molecule has 1 fully saturated rings. The van der Waals surface area contributed by atoms with E-state index in [1.54, 1.807) is 6.92 Å². The quantitative estimate of drug-likeness (QED) is 0.259. The van der Waals surface area contributed by atoms with Crippen LogP contribution in [-0.2, 0) is 25.8 Å². The molecule has 4 unspecified atom stereocenters. The molecule has 5 rings (SSSR count). The lowest BCUT2D eigenvalue weighted by atomic mass is 9.74. The molecule has 0 bridgehead atoms. The summed E-state index contributed by atoms with van der Waals surface area (Å²) < 4.78 is 32.7. The smallest absolute Gasteiger partial charge is 0.310 e. The zero-order valence-corrected chi connectivity index (χ0v) is 23.4. The van der Waals surface area contributed by atoms with Crippen molar-refractivity contribution in [3.63, 3.8) is 0 Å². The molecular weight excluding hydrogens is 610 g/mol. The molecule has 2 amide bonds. The maximum atomic E-state index is 16.3. The lowest BCUT2D eigenvalue weighted by Gasteiger charge is -2.29. The number of carboxylic acids is 1. The second-order valence-corrected chi connectivity index (χ2v) is 11.4. The largest absolute Gasteiger partial charge is 0.481 e. The Kier molecular flexibility index (Phi) is 7.25. The maximum Gasteiger partial charge on any atom is 0.310 e. The van der Waals surface area contributed by atoms with E-state index in [4.69, 9.17) is 46.4 Å². The van der Waals surface area contributed by atoms with Crippen LogP contribution in [0.1, 0.15) is 16.7 Å². The fourth-order valence-corrected chi connectivity index (χ4v) is 6.52. The molecule has 2 heterocycles. The molecule has 2 aliphatic rings. The number of benzene rings is 3. The van der Waals surface area contributed by atoms with Crippen LogP contribution >= 0.6 is 46.4 Å². The molecule has 7 nitrogen and oxygen atoms in total. The van der Waals surface area contributed by atoms with Crippen molar-refractivity contribution in [1.82, 2.24) is 5.32 Å². The van der Waals surface area contributed by atoms with Crippen LogP contribution < -0.4 is 16.0 Å². The fraction of sp³-hybridized carbons (Fsp3) is 0.222. The van der Waals surface area contributed by atoms with Crippen LogP contribution in [0.3, 0.4) is 0 Å². The zero-order chi connectivity index (χ0) is 29.1. The van der Waals surface area contributed by atoms with Crippen molar-refractivity contribution in [3.05, 3.63) is 91.4 Å². The predicted molar refractivity (Wildman–Crippen MR) is 148 cm³/mol. The highest BCUT2D eigenvalue weighted by Crippen LogP contribution is 2.55. The number of amides is 2. The number of nitrogens with one attached hydrogen (secondary N) is 3. The molecule has 3 aromatic rings. The number of hydrogen-bond acceptors (Lipinski definition) is 4. The molecule has 2 aliphatic heterocycles. The molecule has 0 saturated carbocycles. The Morgan fingerprint density at radius 1 is 0.975 bits per heavy atom. The van der Waals surface area contributed by atoms with Gasteiger partial charge in [0.1, 0.15) is 11.5 Å². The van der Waals surface area contributed by atoms with Gasteiger partial charge in [0, 0.05) is 31.9 Å². The Labute approximate surface area is 246 Å². The number of carbonyl (C=O) groups excluding carboxylic acids is 2. The number of hydrogen-bond donors (Lipinski definition) is 4. The summed E-state index contributed by atoms with van der Waals surface area (Å²) >= 11 is 24.5. The number of aliphatic carboxylic acids is 1. The first-order valence-corrected chi connectivity index (χ1v) is 13.3. The summed E-state index contributed by atoms with van der Waals surface area (Å²) in [5.74, 6) is -11.6. The van der Waals surface area contributed by atoms with E-state index in [1.165, 1.54) is 54.6 Å². The Morgan fingerprint density at radius 2 is 1.57 bits per heavy atom. The summed E-state index contributed by atoms with van der Waals surface area (Å²) in [6.45, 7) is 1.71. The standard InChI is InChI=1S/C27H19Cl4F2N3O4/c1-11-2-4-12(5-3-11)27(32,33)22-19(23(37)34-16-7-13(28)6-14(29)8-16)20(24(38)39)26(36-22)17-9-15(30)10-18(31)21(17)35-25(26)40/h2-10,19-20,22,36H,1H3,(H,34,37)(H,35,40)(H,38,39). The van der Waals surface area contributed by atoms with E-state index in [2.05, 4.69) is 16.0 Å². The van der Waals surface area contributed by atoms with Gasteiger partial charge in [-0.1, -0.05) is 76.2 Å². The number of halogens is 6. The van der Waals surface area contributed by atoms with Gasteiger partial charge in [-0.3, -0.25) is 19.7 Å². The summed E-state index contributed by atoms with van der Waals surface area (Å²) in [6, 6.07) is 9.74. The van der Waals surface area contributed by atoms with Crippen LogP contribution in [0, 0.1) is 18.8 Å². The van der Waals surface area contributed by atoms with Crippen LogP contribution in [0.25, 0.3) is 0 Å². The highest BCUT2D eigenvalue weighted by atomic mass is 35.5. The van der Waals surface area contributed by atoms with Crippen molar-refractivity contribution in [2.24, 2.45) is 11.8 Å². The number of carboxylic acid groups (broad SMARTS) is 1. The number of rotatable bonds is 5. The van der Waals surface area contributed by atoms with Crippen molar-refractivity contribution < 1.29 is 28.3 Å². The van der Waals surface area contributed by atoms with E-state index >= 15 is 8.78 Å². The first-order valence-electron chi connectivity index (χ1n) is 11.8. The van der Waals surface area contributed by atoms with E-state index < -0.39 is 52.7 Å². The number of fused-ring (bicyclic) bond motifs is 2. The van der Waals surface area contributed by atoms with Gasteiger partial charge in [0.05, 0.1) is 22.7 Å². The Bertz CT molecular complexity index is 1550. The van der Waals surface area contributed by atoms with Gasteiger partial charge in [-0.15, -0.1) is 0 Å². The highest BCUT2D eigenvalue weighted by molar-refractivity contribution is 6.38. The molecule has 0 radical (unpaired) electrons. The number of anilines is 2. The second-order valence-electron chi connectivity index (χ2n) is 9.67. The lowest BCUT2D eigenvalue weighted by Crippen LogP contribution is -2.53. The van der Waals surface area contributed by atoms with E-state index in [9.17, 15) is 19.5 Å². The average molecular weight is 629 g/mol. The Hall–Kier alpha value is -2.95. The molecule has 0 aromatic heterocycles. The zero-order valence-electron chi connectivity index (χ0n) is 20.4. The van der Waals surface area contributed by atoms with Crippen LogP contribution in [0.2, 0.25) is 20.1 Å². The van der Waals surface area contributed by atoms with Crippen LogP contribution in [0.4, 0.5) is 20.2 Å². The number of aryl methyl sites for hydroxylation is 1. The van der Waals surface area contributed by atoms with Gasteiger partial charge >= 0.3 is 5.97 Å². The van der Waals surface area contributed by atoms with E-state index in [0.717, 1.165) is 0 Å². The maximum absolute atomic E-state index is 16.3. The van der Waals surface area contributed by atoms with Crippen molar-refractivity contribution >= 4 is 75.6 Å². The average Bonchev–Trinajstić information content (AvgIpc) is 3.36. The molecule has 4 atom stereocenters. The predicted octanol–water partition coefficient (Wildman–Crippen LogP) is 6.48. The summed E-state index contributed by atoms with van der Waals surface area (Å²) in [5, 5.41) is 18.3. The molecule has 13 heteroatoms. The van der Waals surface area contributed by atoms with E-state index in [0.29, 0.717) is 5.56 Å². The molecule has 1 spiro atoms. The van der Waals surface area contributed by atoms with Crippen LogP contribution in [-0.4, -0.2) is 28.9 Å². The summed E-state index contributed by atoms with van der Waals surface area (Å²) in [4.78, 5) is 40.2. The molecule has 208 valence electrons. The van der Waals surface area contributed by atoms with Gasteiger partial charge in [-0.2, -0.15) is 8.78 Å². The second kappa shape index (κ2) is 10.2. The number of carbonyl (C=O) groups is 3. The monoisotopic (exact) mass is 627 g/mol. The van der Waals surface area contributed by atoms with Gasteiger partial charge < -0.3 is 15.7 Å². The molecule has 3 aromatic carbocycles. The third-order valence-corrected chi connectivity index (χ3v) is 8.12. The topological polar surface area (TPSA) is 108 Å². The molecule has 40 heavy (non-hydrogen) atoms. The molecule has 4 N–H and O–H groups in total. The molecule has 1 saturated heterocycles. The SMILES string of the molecule is Cc1ccc(C(F)(F)C2NC3(C(=O)Nc4c(Cl)cc(Cl)cc43)C(C(=O)O)C2C(=O)Nc2cc(Cl)cc(Cl)c2)cc1. The first kappa shape index (κ1) is 28.6. The normalized spacial score (nSPS) is 23.7. The fourth-order valence-electron chi connectivity index (χ4n) is 5.45. The third kappa shape index (κ3) is 4.59.